The molecule has 28 heavy (non-hydrogen) atoms. The molecule has 7 nitrogen and oxygen atoms in total. The number of rotatable bonds is 9. The van der Waals surface area contributed by atoms with Crippen LogP contribution in [0.2, 0.25) is 0 Å². The van der Waals surface area contributed by atoms with Crippen molar-refractivity contribution in [3.63, 3.8) is 0 Å². The Morgan fingerprint density at radius 3 is 2.54 bits per heavy atom. The molecule has 2 heterocycles. The van der Waals surface area contributed by atoms with Gasteiger partial charge in [-0.2, -0.15) is 0 Å². The van der Waals surface area contributed by atoms with Crippen LogP contribution in [-0.2, 0) is 4.79 Å². The number of pyridine rings is 1. The summed E-state index contributed by atoms with van der Waals surface area (Å²) in [6.07, 6.45) is 6.71. The quantitative estimate of drug-likeness (QED) is 0.490. The van der Waals surface area contributed by atoms with Crippen LogP contribution in [0.4, 0.5) is 0 Å². The molecule has 0 aliphatic heterocycles. The van der Waals surface area contributed by atoms with E-state index >= 15 is 0 Å². The van der Waals surface area contributed by atoms with E-state index in [2.05, 4.69) is 4.98 Å². The lowest BCUT2D eigenvalue weighted by Gasteiger charge is -2.12. The average molecular weight is 380 g/mol. The number of Topliss-reactive ketones (excluding diaryl/α,β-unsaturated/α-hetero) is 1. The summed E-state index contributed by atoms with van der Waals surface area (Å²) >= 11 is 0. The summed E-state index contributed by atoms with van der Waals surface area (Å²) < 4.78 is 1.83. The molecule has 1 aromatic carbocycles. The van der Waals surface area contributed by atoms with Crippen LogP contribution in [-0.4, -0.2) is 32.8 Å². The van der Waals surface area contributed by atoms with Crippen molar-refractivity contribution in [1.29, 1.82) is 0 Å². The minimum Gasteiger partial charge on any atom is -0.478 e. The van der Waals surface area contributed by atoms with E-state index in [1.165, 1.54) is 0 Å². The number of fused-ring (bicyclic) bond motifs is 1. The third-order valence-electron chi connectivity index (χ3n) is 4.75. The van der Waals surface area contributed by atoms with E-state index in [1.807, 2.05) is 28.9 Å². The largest absolute Gasteiger partial charge is 0.478 e. The molecule has 0 aliphatic rings. The van der Waals surface area contributed by atoms with Crippen LogP contribution in [0, 0.1) is 0 Å². The smallest absolute Gasteiger partial charge is 0.335 e. The second kappa shape index (κ2) is 8.77. The highest BCUT2D eigenvalue weighted by atomic mass is 16.4. The van der Waals surface area contributed by atoms with E-state index in [0.717, 1.165) is 24.8 Å². The molecular weight excluding hydrogens is 356 g/mol. The summed E-state index contributed by atoms with van der Waals surface area (Å²) in [5.41, 5.74) is 14.7. The fourth-order valence-corrected chi connectivity index (χ4v) is 3.15. The van der Waals surface area contributed by atoms with Gasteiger partial charge in [0.2, 0.25) is 0 Å². The number of unbranched alkanes of at least 4 members (excludes halogenated alkanes) is 2. The molecule has 1 atom stereocenters. The number of hydrogen-bond donors (Lipinski definition) is 3. The second-order valence-electron chi connectivity index (χ2n) is 6.75. The second-order valence-corrected chi connectivity index (χ2v) is 6.75. The van der Waals surface area contributed by atoms with Gasteiger partial charge >= 0.3 is 5.97 Å². The molecule has 0 saturated heterocycles. The summed E-state index contributed by atoms with van der Waals surface area (Å²) in [7, 11) is 0. The van der Waals surface area contributed by atoms with Crippen LogP contribution in [0.25, 0.3) is 16.9 Å². The summed E-state index contributed by atoms with van der Waals surface area (Å²) in [5, 5.41) is 9.03. The Kier molecular flexibility index (Phi) is 6.18. The first kappa shape index (κ1) is 19.7. The van der Waals surface area contributed by atoms with E-state index in [-0.39, 0.29) is 11.3 Å². The number of carbonyl (C=O) groups excluding carboxylic acids is 1. The van der Waals surface area contributed by atoms with Crippen LogP contribution >= 0.6 is 0 Å². The lowest BCUT2D eigenvalue weighted by molar-refractivity contribution is -0.120. The molecule has 3 rings (SSSR count). The van der Waals surface area contributed by atoms with Gasteiger partial charge in [-0.15, -0.1) is 0 Å². The summed E-state index contributed by atoms with van der Waals surface area (Å²) in [6.45, 7) is 0.629. The number of imidazole rings is 1. The number of aromatic nitrogens is 2. The molecule has 5 N–H and O–H groups in total. The van der Waals surface area contributed by atoms with Gasteiger partial charge in [0.15, 0.2) is 5.78 Å². The van der Waals surface area contributed by atoms with Gasteiger partial charge < -0.3 is 21.0 Å². The minimum atomic E-state index is -0.972. The van der Waals surface area contributed by atoms with E-state index < -0.39 is 12.0 Å². The predicted molar refractivity (Wildman–Crippen MR) is 107 cm³/mol. The first-order valence-electron chi connectivity index (χ1n) is 9.31. The van der Waals surface area contributed by atoms with Gasteiger partial charge in [0.05, 0.1) is 17.3 Å². The third kappa shape index (κ3) is 4.27. The Morgan fingerprint density at radius 2 is 1.86 bits per heavy atom. The predicted octanol–water partition coefficient (Wildman–Crippen LogP) is 2.79. The molecule has 1 unspecified atom stereocenters. The maximum atomic E-state index is 12.5. The van der Waals surface area contributed by atoms with Crippen molar-refractivity contribution in [3.8, 4) is 11.3 Å². The minimum absolute atomic E-state index is 0.0134. The van der Waals surface area contributed by atoms with Crippen LogP contribution in [0.3, 0.4) is 0 Å². The molecule has 2 aromatic heterocycles. The van der Waals surface area contributed by atoms with E-state index in [4.69, 9.17) is 16.6 Å². The number of benzene rings is 1. The van der Waals surface area contributed by atoms with Gasteiger partial charge in [0.25, 0.3) is 0 Å². The number of hydrogen-bond acceptors (Lipinski definition) is 5. The number of nitrogens with two attached hydrogens (primary N) is 2. The number of nitrogens with zero attached hydrogens (tertiary/aromatic N) is 2. The standard InChI is InChI=1S/C21H24N4O3/c22-11-3-1-2-6-18(26)19(23)16-5-4-12-25-13-17(24-20(16)25)14-7-9-15(10-8-14)21(27)28/h4-5,7-10,12-13,19H,1-3,6,11,22-23H2,(H,27,28). The zero-order valence-corrected chi connectivity index (χ0v) is 15.5. The van der Waals surface area contributed by atoms with Crippen molar-refractivity contribution < 1.29 is 14.7 Å². The van der Waals surface area contributed by atoms with Crippen LogP contribution in [0.15, 0.2) is 48.8 Å². The molecule has 146 valence electrons. The van der Waals surface area contributed by atoms with Crippen molar-refractivity contribution in [1.82, 2.24) is 9.38 Å². The lowest BCUT2D eigenvalue weighted by Crippen LogP contribution is -2.22. The molecular formula is C21H24N4O3. The molecule has 0 spiro atoms. The molecule has 0 saturated carbocycles. The Labute approximate surface area is 163 Å². The van der Waals surface area contributed by atoms with Crippen LogP contribution in [0.1, 0.15) is 47.6 Å². The maximum absolute atomic E-state index is 12.5. The number of carboxylic acids is 1. The highest BCUT2D eigenvalue weighted by molar-refractivity contribution is 5.88. The van der Waals surface area contributed by atoms with Crippen molar-refractivity contribution in [2.45, 2.75) is 31.7 Å². The average Bonchev–Trinajstić information content (AvgIpc) is 3.15. The summed E-state index contributed by atoms with van der Waals surface area (Å²) in [4.78, 5) is 28.1. The summed E-state index contributed by atoms with van der Waals surface area (Å²) in [6, 6.07) is 9.44. The monoisotopic (exact) mass is 380 g/mol. The molecule has 0 radical (unpaired) electrons. The van der Waals surface area contributed by atoms with Crippen molar-refractivity contribution >= 4 is 17.4 Å². The zero-order chi connectivity index (χ0) is 20.1. The van der Waals surface area contributed by atoms with Gasteiger partial charge in [-0.05, 0) is 37.6 Å². The van der Waals surface area contributed by atoms with Crippen LogP contribution < -0.4 is 11.5 Å². The van der Waals surface area contributed by atoms with E-state index in [9.17, 15) is 9.59 Å². The molecule has 3 aromatic rings. The Balaban J connectivity index is 1.85. The van der Waals surface area contributed by atoms with Crippen molar-refractivity contribution in [2.24, 2.45) is 11.5 Å². The number of carbonyl (C=O) groups is 2. The Hall–Kier alpha value is -3.03. The highest BCUT2D eigenvalue weighted by Gasteiger charge is 2.19. The number of carboxylic acid groups (broad SMARTS) is 1. The molecule has 0 fully saturated rings. The van der Waals surface area contributed by atoms with Gasteiger partial charge in [0.1, 0.15) is 5.65 Å². The molecule has 7 heteroatoms. The van der Waals surface area contributed by atoms with Crippen LogP contribution in [0.5, 0.6) is 0 Å². The number of ketones is 1. The lowest BCUT2D eigenvalue weighted by atomic mass is 10.0. The van der Waals surface area contributed by atoms with Gasteiger partial charge in [-0.25, -0.2) is 9.78 Å². The normalized spacial score (nSPS) is 12.2. The van der Waals surface area contributed by atoms with Gasteiger partial charge in [-0.3, -0.25) is 4.79 Å². The highest BCUT2D eigenvalue weighted by Crippen LogP contribution is 2.24. The Bertz CT molecular complexity index is 979. The summed E-state index contributed by atoms with van der Waals surface area (Å²) in [5.74, 6) is -0.986. The van der Waals surface area contributed by atoms with Gasteiger partial charge in [-0.1, -0.05) is 24.6 Å². The Morgan fingerprint density at radius 1 is 1.11 bits per heavy atom. The molecule has 0 aliphatic carbocycles. The fraction of sp³-hybridized carbons (Fsp3) is 0.286. The fourth-order valence-electron chi connectivity index (χ4n) is 3.15. The topological polar surface area (TPSA) is 124 Å². The maximum Gasteiger partial charge on any atom is 0.335 e. The van der Waals surface area contributed by atoms with Crippen molar-refractivity contribution in [3.05, 3.63) is 59.9 Å². The zero-order valence-electron chi connectivity index (χ0n) is 15.5. The SMILES string of the molecule is NCCCCCC(=O)C(N)c1cccn2cc(-c3ccc(C(=O)O)cc3)nc12. The molecule has 0 bridgehead atoms. The van der Waals surface area contributed by atoms with Crippen molar-refractivity contribution in [2.75, 3.05) is 6.54 Å². The van der Waals surface area contributed by atoms with Gasteiger partial charge in [0, 0.05) is 29.9 Å². The first-order chi connectivity index (χ1) is 13.5. The molecule has 0 amide bonds. The number of aromatic carboxylic acids is 1. The van der Waals surface area contributed by atoms with E-state index in [0.29, 0.717) is 29.9 Å². The first-order valence-corrected chi connectivity index (χ1v) is 9.31. The third-order valence-corrected chi connectivity index (χ3v) is 4.75. The van der Waals surface area contributed by atoms with E-state index in [1.54, 1.807) is 24.3 Å².